The SMILES string of the molecule is Cc1csc2c(OC(=O)N3CCN(C)CC3)cc3c(c12)[C@H](CCl)CN3C(=O)c1cc2cc(NC(=O)c3cc4cc(N(CC(=O)NC(=O)[C@H](Cc5ccccc5)NC(=O)CCCCCN5C(=O)C=CC5=O)C(=O)[C@@H](N)CC(C)C)ccc4[nH]3)ccc2[nH]1. The summed E-state index contributed by atoms with van der Waals surface area (Å²) in [5, 5.41) is 12.2. The molecule has 3 aromatic heterocycles. The first-order valence-corrected chi connectivity index (χ1v) is 30.2. The number of imide groups is 2. The predicted octanol–water partition coefficient (Wildman–Crippen LogP) is 7.72. The van der Waals surface area contributed by atoms with Gasteiger partial charge < -0.3 is 50.7 Å². The molecule has 7 N–H and O–H groups in total. The molecule has 4 aromatic carbocycles. The Labute approximate surface area is 505 Å². The van der Waals surface area contributed by atoms with Gasteiger partial charge >= 0.3 is 6.09 Å². The number of nitrogens with two attached hydrogens (primary N) is 1. The lowest BCUT2D eigenvalue weighted by Crippen LogP contribution is -2.53. The number of H-pyrrole nitrogens is 2. The highest BCUT2D eigenvalue weighted by Gasteiger charge is 2.38. The summed E-state index contributed by atoms with van der Waals surface area (Å²) in [4.78, 5) is 135. The highest BCUT2D eigenvalue weighted by atomic mass is 35.5. The number of thiophene rings is 1. The van der Waals surface area contributed by atoms with Crippen LogP contribution >= 0.6 is 22.9 Å². The topological polar surface area (TPSA) is 273 Å². The Bertz CT molecular complexity index is 3810. The van der Waals surface area contributed by atoms with Crippen molar-refractivity contribution in [1.29, 1.82) is 0 Å². The number of benzene rings is 4. The summed E-state index contributed by atoms with van der Waals surface area (Å²) in [7, 11) is 2.01. The Hall–Kier alpha value is -8.70. The molecule has 3 aliphatic heterocycles. The van der Waals surface area contributed by atoms with Crippen molar-refractivity contribution in [2.45, 2.75) is 77.3 Å². The van der Waals surface area contributed by atoms with Gasteiger partial charge in [-0.1, -0.05) is 50.6 Å². The van der Waals surface area contributed by atoms with E-state index >= 15 is 0 Å². The number of alkyl halides is 1. The van der Waals surface area contributed by atoms with E-state index in [2.05, 4.69) is 30.8 Å². The highest BCUT2D eigenvalue weighted by molar-refractivity contribution is 7.17. The third kappa shape index (κ3) is 13.5. The van der Waals surface area contributed by atoms with Crippen LogP contribution < -0.4 is 36.2 Å². The largest absolute Gasteiger partial charge is 0.415 e. The fourth-order valence-corrected chi connectivity index (χ4v) is 12.5. The van der Waals surface area contributed by atoms with Gasteiger partial charge in [0, 0.05) is 121 Å². The molecule has 3 atom stereocenters. The molecule has 7 aromatic rings. The van der Waals surface area contributed by atoms with Crippen LogP contribution in [-0.4, -0.2) is 149 Å². The number of amides is 9. The Morgan fingerprint density at radius 2 is 1.53 bits per heavy atom. The summed E-state index contributed by atoms with van der Waals surface area (Å²) < 4.78 is 6.93. The number of aromatic amines is 2. The second-order valence-corrected chi connectivity index (χ2v) is 23.8. The Morgan fingerprint density at radius 3 is 2.26 bits per heavy atom. The van der Waals surface area contributed by atoms with Crippen molar-refractivity contribution < 1.29 is 47.9 Å². The fraction of sp³-hybridized carbons (Fsp3) is 0.349. The lowest BCUT2D eigenvalue weighted by Gasteiger charge is -2.31. The maximum Gasteiger partial charge on any atom is 0.415 e. The van der Waals surface area contributed by atoms with Crippen LogP contribution in [0.25, 0.3) is 31.9 Å². The van der Waals surface area contributed by atoms with Gasteiger partial charge in [-0.2, -0.15) is 0 Å². The molecule has 3 aliphatic rings. The molecular weight excluding hydrogens is 1140 g/mol. The number of hydrogen-bond donors (Lipinski definition) is 6. The zero-order chi connectivity index (χ0) is 60.9. The molecule has 1 saturated heterocycles. The average molecular weight is 1210 g/mol. The van der Waals surface area contributed by atoms with Crippen LogP contribution in [-0.2, 0) is 35.2 Å². The summed E-state index contributed by atoms with van der Waals surface area (Å²) in [5.41, 5.74) is 12.1. The van der Waals surface area contributed by atoms with Crippen LogP contribution in [0.3, 0.4) is 0 Å². The number of aryl methyl sites for hydroxylation is 1. The van der Waals surface area contributed by atoms with Crippen LogP contribution in [0.5, 0.6) is 5.75 Å². The number of fused-ring (bicyclic) bond motifs is 5. The number of likely N-dealkylation sites (N-methyl/N-ethyl adjacent to an activating group) is 1. The van der Waals surface area contributed by atoms with Gasteiger partial charge in [0.05, 0.1) is 16.4 Å². The predicted molar refractivity (Wildman–Crippen MR) is 331 cm³/mol. The van der Waals surface area contributed by atoms with Crippen LogP contribution in [0.2, 0.25) is 0 Å². The Kier molecular flexibility index (Phi) is 18.5. The van der Waals surface area contributed by atoms with Crippen molar-refractivity contribution in [2.24, 2.45) is 11.7 Å². The molecule has 23 heteroatoms. The van der Waals surface area contributed by atoms with E-state index in [0.717, 1.165) is 44.8 Å². The number of unbranched alkanes of at least 4 members (excludes halogenated alkanes) is 2. The molecule has 1 fully saturated rings. The highest BCUT2D eigenvalue weighted by Crippen LogP contribution is 2.49. The van der Waals surface area contributed by atoms with Crippen LogP contribution in [0.4, 0.5) is 21.9 Å². The molecule has 0 saturated carbocycles. The summed E-state index contributed by atoms with van der Waals surface area (Å²) in [6.07, 6.45) is 3.87. The van der Waals surface area contributed by atoms with E-state index in [1.54, 1.807) is 88.7 Å². The number of halogens is 1. The Morgan fingerprint density at radius 1 is 0.837 bits per heavy atom. The maximum atomic E-state index is 14.6. The van der Waals surface area contributed by atoms with Crippen molar-refractivity contribution in [3.05, 3.63) is 131 Å². The molecule has 0 radical (unpaired) electrons. The monoisotopic (exact) mass is 1210 g/mol. The second kappa shape index (κ2) is 26.3. The number of nitrogens with zero attached hydrogens (tertiary/aromatic N) is 5. The second-order valence-electron chi connectivity index (χ2n) is 22.6. The number of carbonyl (C=O) groups is 9. The summed E-state index contributed by atoms with van der Waals surface area (Å²) in [6, 6.07) is 22.1. The number of hydrogen-bond acceptors (Lipinski definition) is 13. The van der Waals surface area contributed by atoms with Crippen molar-refractivity contribution in [2.75, 3.05) is 73.9 Å². The molecule has 10 rings (SSSR count). The summed E-state index contributed by atoms with van der Waals surface area (Å²) in [6.45, 7) is 8.33. The van der Waals surface area contributed by atoms with Crippen molar-refractivity contribution in [3.8, 4) is 5.75 Å². The molecule has 0 aliphatic carbocycles. The summed E-state index contributed by atoms with van der Waals surface area (Å²) in [5.74, 6) is -3.65. The van der Waals surface area contributed by atoms with Crippen molar-refractivity contribution in [3.63, 3.8) is 0 Å². The normalized spacial score (nSPS) is 15.8. The molecule has 0 unspecified atom stereocenters. The van der Waals surface area contributed by atoms with Gasteiger partial charge in [-0.25, -0.2) is 4.79 Å². The lowest BCUT2D eigenvalue weighted by molar-refractivity contribution is -0.137. The van der Waals surface area contributed by atoms with E-state index in [9.17, 15) is 43.2 Å². The third-order valence-corrected chi connectivity index (χ3v) is 17.3. The zero-order valence-electron chi connectivity index (χ0n) is 48.2. The van der Waals surface area contributed by atoms with Gasteiger partial charge in [0.1, 0.15) is 24.0 Å². The van der Waals surface area contributed by atoms with E-state index in [4.69, 9.17) is 22.1 Å². The molecule has 0 spiro atoms. The number of anilines is 3. The molecular formula is C63H68ClN11O10S. The van der Waals surface area contributed by atoms with Crippen LogP contribution in [0.1, 0.15) is 89.5 Å². The number of nitrogens with one attached hydrogen (secondary N) is 5. The van der Waals surface area contributed by atoms with E-state index in [-0.39, 0.29) is 66.2 Å². The maximum absolute atomic E-state index is 14.6. The van der Waals surface area contributed by atoms with Crippen molar-refractivity contribution >= 4 is 125 Å². The van der Waals surface area contributed by atoms with Gasteiger partial charge in [-0.3, -0.25) is 48.6 Å². The smallest absolute Gasteiger partial charge is 0.409 e. The molecule has 86 heavy (non-hydrogen) atoms. The quantitative estimate of drug-likeness (QED) is 0.0229. The van der Waals surface area contributed by atoms with E-state index in [0.29, 0.717) is 89.9 Å². The van der Waals surface area contributed by atoms with Gasteiger partial charge in [-0.15, -0.1) is 22.9 Å². The van der Waals surface area contributed by atoms with E-state index in [1.165, 1.54) is 28.4 Å². The minimum Gasteiger partial charge on any atom is -0.409 e. The first-order chi connectivity index (χ1) is 41.3. The molecule has 6 heterocycles. The molecule has 21 nitrogen and oxygen atoms in total. The number of carbonyl (C=O) groups excluding carboxylic acids is 9. The number of aromatic nitrogens is 2. The van der Waals surface area contributed by atoms with Crippen molar-refractivity contribution in [1.82, 2.24) is 35.3 Å². The molecule has 448 valence electrons. The fourth-order valence-electron chi connectivity index (χ4n) is 11.2. The van der Waals surface area contributed by atoms with Gasteiger partial charge in [0.25, 0.3) is 23.6 Å². The van der Waals surface area contributed by atoms with Gasteiger partial charge in [0.15, 0.2) is 5.75 Å². The third-order valence-electron chi connectivity index (χ3n) is 15.8. The van der Waals surface area contributed by atoms with E-state index in [1.807, 2.05) is 39.3 Å². The summed E-state index contributed by atoms with van der Waals surface area (Å²) >= 11 is 8.10. The first-order valence-electron chi connectivity index (χ1n) is 28.7. The minimum absolute atomic E-state index is 0.0294. The molecule has 0 bridgehead atoms. The van der Waals surface area contributed by atoms with Gasteiger partial charge in [0.2, 0.25) is 23.6 Å². The van der Waals surface area contributed by atoms with Crippen LogP contribution in [0, 0.1) is 12.8 Å². The standard InChI is InChI=1S/C63H68ClN11O10S/c1-36(2)25-44(65)61(82)74(34-53(77)70-60(81)47(26-38-11-7-5-8-12-38)69-52(76)13-9-6-10-20-73-54(78)18-19-55(73)79)43-15-17-46-40(28-43)29-48(67-46)59(80)66-42-14-16-45-39(27-42)30-49(68-45)62(83)75-33-41(32-64)57-50(75)31-51(58-56(57)37(3)35-86-58)85-63(84)72-23-21-71(4)22-24-72/h5,7-8,11-12,14-19,27-31,35-36,41,44,47,67-68H,6,9-10,13,20-26,32-34,65H2,1-4H3,(H,66,80)(H,69,76)(H,70,77,81)/t41-,44+,47+/m1/s1. The van der Waals surface area contributed by atoms with Crippen LogP contribution in [0.15, 0.2) is 102 Å². The minimum atomic E-state index is -1.16. The Balaban J connectivity index is 0.813. The average Bonchev–Trinajstić information content (AvgIpc) is 1.66. The zero-order valence-corrected chi connectivity index (χ0v) is 49.8. The first kappa shape index (κ1) is 60.4. The number of rotatable bonds is 21. The number of ether oxygens (including phenoxy) is 1. The molecule has 9 amide bonds. The van der Waals surface area contributed by atoms with E-state index < -0.39 is 54.3 Å². The van der Waals surface area contributed by atoms with Gasteiger partial charge in [-0.05, 0) is 110 Å². The number of piperazine rings is 1. The lowest BCUT2D eigenvalue weighted by atomic mass is 9.97.